The summed E-state index contributed by atoms with van der Waals surface area (Å²) in [6.45, 7) is 0. The van der Waals surface area contributed by atoms with E-state index in [0.717, 1.165) is 105 Å². The molecule has 28 aromatic rings. The first-order chi connectivity index (χ1) is 63.4. The highest BCUT2D eigenvalue weighted by atomic mass is 32.1. The van der Waals surface area contributed by atoms with Gasteiger partial charge in [-0.3, -0.25) is 0 Å². The molecule has 0 amide bonds. The fourth-order valence-corrected chi connectivity index (χ4v) is 24.2. The molecule has 14 heteroatoms. The van der Waals surface area contributed by atoms with Gasteiger partial charge in [-0.25, -0.2) is 29.9 Å². The average Bonchev–Trinajstić information content (AvgIpc) is 1.54. The van der Waals surface area contributed by atoms with Crippen molar-refractivity contribution in [1.82, 2.24) is 43.6 Å². The number of thiophene rings is 4. The Bertz CT molecular complexity index is 9500. The van der Waals surface area contributed by atoms with E-state index in [1.165, 1.54) is 124 Å². The maximum absolute atomic E-state index is 6.36. The molecule has 10 nitrogen and oxygen atoms in total. The Kier molecular flexibility index (Phi) is 16.3. The summed E-state index contributed by atoms with van der Waals surface area (Å²) < 4.78 is 23.6. The molecule has 0 unspecified atom stereocenters. The molecule has 18 aromatic carbocycles. The molecule has 0 spiro atoms. The number of furan rings is 1. The number of rotatable bonds is 10. The van der Waals surface area contributed by atoms with E-state index in [-0.39, 0.29) is 0 Å². The monoisotopic (exact) mass is 1700 g/mol. The molecular weight excluding hydrogens is 1640 g/mol. The lowest BCUT2D eigenvalue weighted by molar-refractivity contribution is 0.669. The maximum atomic E-state index is 6.36. The molecule has 0 saturated heterocycles. The predicted molar refractivity (Wildman–Crippen MR) is 540 cm³/mol. The lowest BCUT2D eigenvalue weighted by Gasteiger charge is -2.15. The highest BCUT2D eigenvalue weighted by Gasteiger charge is 2.28. The van der Waals surface area contributed by atoms with Crippen molar-refractivity contribution in [2.24, 2.45) is 0 Å². The van der Waals surface area contributed by atoms with Crippen LogP contribution in [0.15, 0.2) is 399 Å². The van der Waals surface area contributed by atoms with Gasteiger partial charge in [-0.1, -0.05) is 267 Å². The summed E-state index contributed by atoms with van der Waals surface area (Å²) in [4.78, 5) is 31.9. The van der Waals surface area contributed by atoms with Gasteiger partial charge in [-0.05, 0) is 139 Å². The molecule has 10 heterocycles. The number of benzene rings is 18. The summed E-state index contributed by atoms with van der Waals surface area (Å²) in [5.74, 6) is 3.74. The van der Waals surface area contributed by atoms with E-state index >= 15 is 0 Å². The smallest absolute Gasteiger partial charge is 0.164 e. The molecule has 0 atom stereocenters. The lowest BCUT2D eigenvalue weighted by atomic mass is 10.0. The van der Waals surface area contributed by atoms with Gasteiger partial charge in [0.05, 0.1) is 33.1 Å². The average molecular weight is 1710 g/mol. The second-order valence-corrected chi connectivity index (χ2v) is 37.0. The third kappa shape index (κ3) is 11.5. The Hall–Kier alpha value is -15.9. The van der Waals surface area contributed by atoms with Crippen LogP contribution in [0.25, 0.3) is 265 Å². The van der Waals surface area contributed by atoms with Gasteiger partial charge >= 0.3 is 0 Å². The Morgan fingerprint density at radius 3 is 1.10 bits per heavy atom. The molecule has 0 aliphatic heterocycles. The standard InChI is InChI=1S/C57H33N5S2.C57H32N4OS2/c1-3-15-34(16-4-1)55-58-56(35-27-28-41-40-21-9-13-25-48(40)63-50(41)31-35)60-57(59-55)45-32-37(33-51-52(45)44-22-10-14-26-49(44)64-51)62-47-24-12-8-20-39(47)43-30-29-42-38-19-7-11-23-46(38)61(53(42)54(43)62)36-17-5-2-6-18-36;1-2-12-33(13-3-1)55-58-56(36-22-25-40-39-15-5-9-19-48(39)62-49(40)30-36)60-57(59-55)45-31-37(32-53-54(45)42-17-7-11-21-51(42)64-53)61-46-18-8-4-14-38(46)43-28-34(23-26-47(43)61)35-24-27-52-44(29-35)41-16-6-10-20-50(41)63-52/h1-33H;1-32H. The van der Waals surface area contributed by atoms with Crippen LogP contribution in [-0.2, 0) is 0 Å². The molecule has 128 heavy (non-hydrogen) atoms. The minimum atomic E-state index is 0.585. The second kappa shape index (κ2) is 28.8. The second-order valence-electron chi connectivity index (χ2n) is 32.7. The third-order valence-electron chi connectivity index (χ3n) is 25.4. The Balaban J connectivity index is 0.000000132. The first-order valence-corrected chi connectivity index (χ1v) is 46.0. The summed E-state index contributed by atoms with van der Waals surface area (Å²) in [6, 6.07) is 141. The molecule has 0 saturated carbocycles. The molecule has 0 radical (unpaired) electrons. The third-order valence-corrected chi connectivity index (χ3v) is 29.9. The Morgan fingerprint density at radius 1 is 0.180 bits per heavy atom. The van der Waals surface area contributed by atoms with Crippen molar-refractivity contribution in [3.8, 4) is 96.5 Å². The number of para-hydroxylation sites is 5. The molecule has 0 bridgehead atoms. The first kappa shape index (κ1) is 72.5. The van der Waals surface area contributed by atoms with Gasteiger partial charge in [-0.15, -0.1) is 45.3 Å². The van der Waals surface area contributed by atoms with Crippen molar-refractivity contribution in [2.75, 3.05) is 0 Å². The van der Waals surface area contributed by atoms with Gasteiger partial charge in [0.25, 0.3) is 0 Å². The van der Waals surface area contributed by atoms with Gasteiger partial charge in [0.2, 0.25) is 0 Å². The fourth-order valence-electron chi connectivity index (χ4n) is 19.7. The van der Waals surface area contributed by atoms with Gasteiger partial charge in [0, 0.05) is 174 Å². The van der Waals surface area contributed by atoms with Crippen LogP contribution in [0.2, 0.25) is 0 Å². The Morgan fingerprint density at radius 2 is 0.531 bits per heavy atom. The van der Waals surface area contributed by atoms with Crippen LogP contribution in [0, 0.1) is 0 Å². The summed E-state index contributed by atoms with van der Waals surface area (Å²) >= 11 is 7.28. The molecule has 28 rings (SSSR count). The van der Waals surface area contributed by atoms with Crippen molar-refractivity contribution in [3.63, 3.8) is 0 Å². The van der Waals surface area contributed by atoms with Crippen LogP contribution in [0.3, 0.4) is 0 Å². The molecule has 0 N–H and O–H groups in total. The van der Waals surface area contributed by atoms with Gasteiger partial charge in [-0.2, -0.15) is 0 Å². The summed E-state index contributed by atoms with van der Waals surface area (Å²) in [6.07, 6.45) is 0. The number of fused-ring (bicyclic) bond motifs is 25. The van der Waals surface area contributed by atoms with Crippen molar-refractivity contribution >= 4 is 213 Å². The van der Waals surface area contributed by atoms with Crippen LogP contribution in [0.4, 0.5) is 0 Å². The van der Waals surface area contributed by atoms with E-state index in [1.807, 2.05) is 77.3 Å². The van der Waals surface area contributed by atoms with Crippen molar-refractivity contribution in [3.05, 3.63) is 394 Å². The van der Waals surface area contributed by atoms with E-state index in [0.29, 0.717) is 34.9 Å². The van der Waals surface area contributed by atoms with E-state index in [2.05, 4.69) is 353 Å². The van der Waals surface area contributed by atoms with E-state index < -0.39 is 0 Å². The van der Waals surface area contributed by atoms with E-state index in [1.54, 1.807) is 22.7 Å². The van der Waals surface area contributed by atoms with Crippen LogP contribution in [-0.4, -0.2) is 43.6 Å². The van der Waals surface area contributed by atoms with Crippen molar-refractivity contribution < 1.29 is 4.42 Å². The van der Waals surface area contributed by atoms with Crippen LogP contribution >= 0.6 is 45.3 Å². The zero-order valence-electron chi connectivity index (χ0n) is 68.1. The lowest BCUT2D eigenvalue weighted by Crippen LogP contribution is -2.02. The van der Waals surface area contributed by atoms with Crippen molar-refractivity contribution in [1.29, 1.82) is 0 Å². The molecule has 0 aliphatic rings. The minimum Gasteiger partial charge on any atom is -0.456 e. The van der Waals surface area contributed by atoms with Crippen LogP contribution in [0.5, 0.6) is 0 Å². The number of nitrogens with zero attached hydrogens (tertiary/aromatic N) is 9. The normalized spacial score (nSPS) is 12.1. The molecule has 596 valence electrons. The van der Waals surface area contributed by atoms with E-state index in [4.69, 9.17) is 34.3 Å². The van der Waals surface area contributed by atoms with Gasteiger partial charge < -0.3 is 18.1 Å². The first-order valence-electron chi connectivity index (χ1n) is 42.8. The number of hydrogen-bond donors (Lipinski definition) is 0. The minimum absolute atomic E-state index is 0.585. The summed E-state index contributed by atoms with van der Waals surface area (Å²) in [5.41, 5.74) is 19.8. The quantitative estimate of drug-likeness (QED) is 0.134. The highest BCUT2D eigenvalue weighted by molar-refractivity contribution is 7.27. The fraction of sp³-hybridized carbons (Fsp3) is 0. The highest BCUT2D eigenvalue weighted by Crippen LogP contribution is 2.50. The molecule has 0 fully saturated rings. The predicted octanol–water partition coefficient (Wildman–Crippen LogP) is 32.1. The molecule has 10 aromatic heterocycles. The summed E-state index contributed by atoms with van der Waals surface area (Å²) in [5, 5.41) is 19.2. The zero-order valence-corrected chi connectivity index (χ0v) is 71.4. The molecular formula is C114H65N9OS4. The molecule has 0 aliphatic carbocycles. The topological polar surface area (TPSA) is 105 Å². The van der Waals surface area contributed by atoms with Gasteiger partial charge in [0.1, 0.15) is 11.2 Å². The number of hydrogen-bond acceptors (Lipinski definition) is 11. The Labute approximate surface area is 746 Å². The number of aromatic nitrogens is 9. The largest absolute Gasteiger partial charge is 0.456 e. The van der Waals surface area contributed by atoms with Gasteiger partial charge in [0.15, 0.2) is 34.9 Å². The maximum Gasteiger partial charge on any atom is 0.164 e. The van der Waals surface area contributed by atoms with Crippen LogP contribution in [0.1, 0.15) is 0 Å². The van der Waals surface area contributed by atoms with Crippen molar-refractivity contribution in [2.45, 2.75) is 0 Å². The van der Waals surface area contributed by atoms with E-state index in [9.17, 15) is 0 Å². The van der Waals surface area contributed by atoms with Crippen LogP contribution < -0.4 is 0 Å². The zero-order chi connectivity index (χ0) is 83.8. The summed E-state index contributed by atoms with van der Waals surface area (Å²) in [7, 11) is 0. The SMILES string of the molecule is c1ccc(-c2nc(-c3ccc4c(c3)oc3ccccc34)nc(-c3cc(-n4c5ccccc5c5cc(-c6ccc7sc8ccccc8c7c6)ccc54)cc4sc5ccccc5c34)n2)cc1.c1ccc(-c2nc(-c3ccc4c(c3)sc3ccccc34)nc(-c3cc(-n4c5ccccc5c5ccc6c7ccccc7n(-c7ccccc7)c6c54)cc4sc5ccccc5c34)n2)cc1.